The van der Waals surface area contributed by atoms with E-state index in [-0.39, 0.29) is 23.9 Å². The normalized spacial score (nSPS) is 11.9. The largest absolute Gasteiger partial charge is 0.573 e. The first kappa shape index (κ1) is 25.6. The second-order valence-corrected chi connectivity index (χ2v) is 7.26. The lowest BCUT2D eigenvalue weighted by molar-refractivity contribution is -0.274. The zero-order valence-electron chi connectivity index (χ0n) is 17.6. The fourth-order valence-electron chi connectivity index (χ4n) is 3.12. The summed E-state index contributed by atoms with van der Waals surface area (Å²) in [5, 5.41) is 12.5. The highest BCUT2D eigenvalue weighted by molar-refractivity contribution is 5.97. The summed E-state index contributed by atoms with van der Waals surface area (Å²) in [7, 11) is 1.11. The molecule has 1 heterocycles. The van der Waals surface area contributed by atoms with E-state index in [0.29, 0.717) is 11.6 Å². The predicted octanol–water partition coefficient (Wildman–Crippen LogP) is 4.74. The van der Waals surface area contributed by atoms with Gasteiger partial charge in [0.25, 0.3) is 11.5 Å². The van der Waals surface area contributed by atoms with Crippen LogP contribution in [0.4, 0.5) is 30.7 Å². The van der Waals surface area contributed by atoms with Gasteiger partial charge < -0.3 is 19.7 Å². The maximum Gasteiger partial charge on any atom is 0.573 e. The van der Waals surface area contributed by atoms with Gasteiger partial charge in [-0.2, -0.15) is 13.2 Å². The number of nitrogens with zero attached hydrogens (tertiary/aromatic N) is 1. The third-order valence-electron chi connectivity index (χ3n) is 4.78. The highest BCUT2D eigenvalue weighted by Crippen LogP contribution is 2.33. The van der Waals surface area contributed by atoms with Crippen molar-refractivity contribution in [2.24, 2.45) is 7.05 Å². The zero-order chi connectivity index (χ0) is 26.1. The molecule has 0 spiro atoms. The first-order chi connectivity index (χ1) is 16.2. The van der Waals surface area contributed by atoms with Gasteiger partial charge in [-0.3, -0.25) is 9.59 Å². The number of pyridine rings is 1. The van der Waals surface area contributed by atoms with Gasteiger partial charge >= 0.3 is 12.5 Å². The molecule has 0 atom stereocenters. The molecular formula is C22H15F7N2O4. The second-order valence-electron chi connectivity index (χ2n) is 7.26. The van der Waals surface area contributed by atoms with Gasteiger partial charge in [0.2, 0.25) is 0 Å². The van der Waals surface area contributed by atoms with Crippen LogP contribution in [-0.4, -0.2) is 21.9 Å². The van der Waals surface area contributed by atoms with E-state index >= 15 is 0 Å². The molecule has 0 saturated heterocycles. The number of carbonyl (C=O) groups is 1. The molecule has 0 aliphatic heterocycles. The number of hydrogen-bond donors (Lipinski definition) is 2. The van der Waals surface area contributed by atoms with Gasteiger partial charge in [-0.1, -0.05) is 12.1 Å². The molecule has 0 saturated carbocycles. The lowest BCUT2D eigenvalue weighted by Gasteiger charge is -2.15. The molecule has 2 aromatic carbocycles. The van der Waals surface area contributed by atoms with Crippen LogP contribution in [0.3, 0.4) is 0 Å². The number of benzene rings is 2. The van der Waals surface area contributed by atoms with E-state index in [2.05, 4.69) is 10.1 Å². The number of carbonyl (C=O) groups excluding carboxylic acids is 1. The van der Waals surface area contributed by atoms with Gasteiger partial charge in [-0.15, -0.1) is 13.2 Å². The minimum atomic E-state index is -4.88. The van der Waals surface area contributed by atoms with Crippen molar-refractivity contribution in [1.29, 1.82) is 0 Å². The van der Waals surface area contributed by atoms with Gasteiger partial charge in [0.15, 0.2) is 5.75 Å². The van der Waals surface area contributed by atoms with Crippen LogP contribution in [0.1, 0.15) is 21.5 Å². The number of nitrogens with one attached hydrogen (secondary N) is 1. The molecule has 1 amide bonds. The maximum atomic E-state index is 13.9. The van der Waals surface area contributed by atoms with Gasteiger partial charge in [0, 0.05) is 19.2 Å². The highest BCUT2D eigenvalue weighted by atomic mass is 19.4. The molecule has 13 heteroatoms. The topological polar surface area (TPSA) is 80.6 Å². The fourth-order valence-corrected chi connectivity index (χ4v) is 3.12. The Bertz CT molecular complexity index is 1310. The molecule has 6 nitrogen and oxygen atoms in total. The molecule has 3 rings (SSSR count). The van der Waals surface area contributed by atoms with Crippen molar-refractivity contribution in [3.63, 3.8) is 0 Å². The molecule has 35 heavy (non-hydrogen) atoms. The number of aromatic hydroxyl groups is 1. The lowest BCUT2D eigenvalue weighted by Crippen LogP contribution is -2.27. The van der Waals surface area contributed by atoms with Gasteiger partial charge in [-0.25, -0.2) is 4.39 Å². The Hall–Kier alpha value is -4.03. The van der Waals surface area contributed by atoms with Crippen LogP contribution in [0.2, 0.25) is 0 Å². The van der Waals surface area contributed by atoms with Crippen molar-refractivity contribution in [1.82, 2.24) is 9.88 Å². The van der Waals surface area contributed by atoms with Crippen LogP contribution in [0.15, 0.2) is 53.3 Å². The summed E-state index contributed by atoms with van der Waals surface area (Å²) in [5.74, 6) is -3.74. The number of amides is 1. The minimum absolute atomic E-state index is 0.243. The smallest absolute Gasteiger partial charge is 0.502 e. The molecule has 2 N–H and O–H groups in total. The Morgan fingerprint density at radius 3 is 2.23 bits per heavy atom. The van der Waals surface area contributed by atoms with Crippen molar-refractivity contribution in [2.45, 2.75) is 19.1 Å². The van der Waals surface area contributed by atoms with Crippen LogP contribution in [-0.2, 0) is 19.8 Å². The minimum Gasteiger partial charge on any atom is -0.502 e. The molecule has 0 fully saturated rings. The standard InChI is InChI=1S/C22H15F7N2O4/c1-31-17(12-6-13(21(24,25)26)8-14(23)7-12)9-16(18(32)20(31)34)19(33)30-10-11-2-4-15(5-3-11)35-22(27,28)29/h2-9,32H,10H2,1H3,(H,30,33). The average molecular weight is 504 g/mol. The summed E-state index contributed by atoms with van der Waals surface area (Å²) in [6.45, 7) is -0.243. The van der Waals surface area contributed by atoms with E-state index in [1.165, 1.54) is 12.1 Å². The van der Waals surface area contributed by atoms with Crippen molar-refractivity contribution < 1.29 is 45.4 Å². The van der Waals surface area contributed by atoms with Crippen LogP contribution in [0.25, 0.3) is 11.3 Å². The van der Waals surface area contributed by atoms with Crippen LogP contribution < -0.4 is 15.6 Å². The maximum absolute atomic E-state index is 13.9. The lowest BCUT2D eigenvalue weighted by atomic mass is 10.0. The molecule has 0 unspecified atom stereocenters. The van der Waals surface area contributed by atoms with Crippen LogP contribution >= 0.6 is 0 Å². The average Bonchev–Trinajstić information content (AvgIpc) is 2.75. The number of ether oxygens (including phenoxy) is 1. The third kappa shape index (κ3) is 6.11. The van der Waals surface area contributed by atoms with E-state index in [0.717, 1.165) is 35.9 Å². The highest BCUT2D eigenvalue weighted by Gasteiger charge is 2.32. The molecule has 3 aromatic rings. The van der Waals surface area contributed by atoms with Gasteiger partial charge in [0.05, 0.1) is 16.8 Å². The number of hydrogen-bond acceptors (Lipinski definition) is 4. The van der Waals surface area contributed by atoms with E-state index < -0.39 is 52.4 Å². The number of aromatic nitrogens is 1. The van der Waals surface area contributed by atoms with Gasteiger partial charge in [-0.05, 0) is 42.0 Å². The second kappa shape index (κ2) is 9.31. The van der Waals surface area contributed by atoms with Crippen molar-refractivity contribution >= 4 is 5.91 Å². The fraction of sp³-hybridized carbons (Fsp3) is 0.182. The quantitative estimate of drug-likeness (QED) is 0.492. The first-order valence-corrected chi connectivity index (χ1v) is 9.60. The summed E-state index contributed by atoms with van der Waals surface area (Å²) in [6.07, 6.45) is -9.76. The Balaban J connectivity index is 1.89. The van der Waals surface area contributed by atoms with Crippen molar-refractivity contribution in [3.8, 4) is 22.8 Å². The van der Waals surface area contributed by atoms with Crippen molar-refractivity contribution in [3.05, 3.63) is 81.4 Å². The van der Waals surface area contributed by atoms with Crippen molar-refractivity contribution in [2.75, 3.05) is 0 Å². The Morgan fingerprint density at radius 2 is 1.66 bits per heavy atom. The molecule has 0 aliphatic carbocycles. The van der Waals surface area contributed by atoms with E-state index in [4.69, 9.17) is 0 Å². The Kier molecular flexibility index (Phi) is 6.81. The summed E-state index contributed by atoms with van der Waals surface area (Å²) in [5.41, 5.74) is -3.37. The monoisotopic (exact) mass is 504 g/mol. The van der Waals surface area contributed by atoms with Crippen LogP contribution in [0.5, 0.6) is 11.5 Å². The summed E-state index contributed by atoms with van der Waals surface area (Å²) >= 11 is 0. The number of alkyl halides is 6. The molecule has 0 aliphatic rings. The SMILES string of the molecule is Cn1c(-c2cc(F)cc(C(F)(F)F)c2)cc(C(=O)NCc2ccc(OC(F)(F)F)cc2)c(O)c1=O. The number of rotatable bonds is 5. The molecule has 0 radical (unpaired) electrons. The van der Waals surface area contributed by atoms with E-state index in [1.54, 1.807) is 0 Å². The summed E-state index contributed by atoms with van der Waals surface area (Å²) in [4.78, 5) is 25.0. The molecular weight excluding hydrogens is 489 g/mol. The molecule has 186 valence electrons. The number of halogens is 7. The summed E-state index contributed by atoms with van der Waals surface area (Å²) in [6, 6.07) is 6.95. The first-order valence-electron chi connectivity index (χ1n) is 9.60. The van der Waals surface area contributed by atoms with Crippen LogP contribution in [0, 0.1) is 5.82 Å². The van der Waals surface area contributed by atoms with Gasteiger partial charge in [0.1, 0.15) is 11.6 Å². The third-order valence-corrected chi connectivity index (χ3v) is 4.78. The van der Waals surface area contributed by atoms with E-state index in [9.17, 15) is 45.4 Å². The molecule has 0 bridgehead atoms. The zero-order valence-corrected chi connectivity index (χ0v) is 17.6. The Labute approximate surface area is 192 Å². The molecule has 1 aromatic heterocycles. The van der Waals surface area contributed by atoms with E-state index in [1.807, 2.05) is 0 Å². The predicted molar refractivity (Wildman–Crippen MR) is 108 cm³/mol. The summed E-state index contributed by atoms with van der Waals surface area (Å²) < 4.78 is 94.3. The Morgan fingerprint density at radius 1 is 1.03 bits per heavy atom.